The lowest BCUT2D eigenvalue weighted by Gasteiger charge is -2.12. The Bertz CT molecular complexity index is 1230. The number of nitrogens with one attached hydrogen (secondary N) is 2. The number of carbonyl (C=O) groups excluding carboxylic acids is 2. The van der Waals surface area contributed by atoms with Crippen molar-refractivity contribution >= 4 is 46.9 Å². The summed E-state index contributed by atoms with van der Waals surface area (Å²) in [6, 6.07) is 17.1. The van der Waals surface area contributed by atoms with Crippen molar-refractivity contribution in [1.82, 2.24) is 5.43 Å². The largest absolute Gasteiger partial charge is 0.493 e. The molecule has 3 rings (SSSR count). The third-order valence-electron chi connectivity index (χ3n) is 4.61. The summed E-state index contributed by atoms with van der Waals surface area (Å²) in [6.45, 7) is 2.46. The number of anilines is 1. The van der Waals surface area contributed by atoms with Gasteiger partial charge in [0.2, 0.25) is 0 Å². The van der Waals surface area contributed by atoms with Gasteiger partial charge in [-0.05, 0) is 55.0 Å². The van der Waals surface area contributed by atoms with Crippen LogP contribution < -0.4 is 25.0 Å². The smallest absolute Gasteiger partial charge is 0.329 e. The Hall–Kier alpha value is -3.75. The molecule has 0 fully saturated rings. The Morgan fingerprint density at radius 1 is 0.943 bits per heavy atom. The predicted octanol–water partition coefficient (Wildman–Crippen LogP) is 5.07. The molecule has 0 saturated carbocycles. The molecule has 0 aliphatic carbocycles. The number of halogens is 2. The quantitative estimate of drug-likeness (QED) is 0.235. The van der Waals surface area contributed by atoms with E-state index in [0.29, 0.717) is 45.2 Å². The van der Waals surface area contributed by atoms with Crippen LogP contribution in [0.15, 0.2) is 65.8 Å². The van der Waals surface area contributed by atoms with Crippen LogP contribution in [0.25, 0.3) is 0 Å². The fraction of sp³-hybridized carbons (Fsp3) is 0.160. The van der Waals surface area contributed by atoms with Gasteiger partial charge in [0.15, 0.2) is 11.5 Å². The fourth-order valence-electron chi connectivity index (χ4n) is 2.92. The Morgan fingerprint density at radius 3 is 2.49 bits per heavy atom. The number of ether oxygens (including phenoxy) is 3. The summed E-state index contributed by atoms with van der Waals surface area (Å²) in [4.78, 5) is 24.3. The molecule has 0 aliphatic heterocycles. The molecule has 3 aromatic carbocycles. The van der Waals surface area contributed by atoms with Crippen molar-refractivity contribution in [1.29, 1.82) is 0 Å². The molecule has 3 aromatic rings. The molecular formula is C25H23Cl2N3O5. The standard InChI is InChI=1S/C25H23Cl2N3O5/c1-3-34-21-7-5-4-6-20(21)29-24(31)25(32)30-28-14-16-8-11-22(23(12-16)33-2)35-15-17-9-10-18(26)13-19(17)27/h4-14H,3,15H2,1-2H3,(H,29,31)(H,30,32)/b28-14-. The molecule has 2 amide bonds. The van der Waals surface area contributed by atoms with Crippen molar-refractivity contribution in [2.75, 3.05) is 19.0 Å². The van der Waals surface area contributed by atoms with Crippen LogP contribution in [0.1, 0.15) is 18.1 Å². The molecule has 2 N–H and O–H groups in total. The minimum absolute atomic E-state index is 0.220. The number of benzene rings is 3. The van der Waals surface area contributed by atoms with E-state index in [1.54, 1.807) is 60.7 Å². The zero-order valence-corrected chi connectivity index (χ0v) is 20.5. The lowest BCUT2D eigenvalue weighted by molar-refractivity contribution is -0.136. The number of nitrogens with zero attached hydrogens (tertiary/aromatic N) is 1. The van der Waals surface area contributed by atoms with E-state index >= 15 is 0 Å². The number of methoxy groups -OCH3 is 1. The number of hydrogen-bond donors (Lipinski definition) is 2. The number of para-hydroxylation sites is 2. The summed E-state index contributed by atoms with van der Waals surface area (Å²) in [5.74, 6) is -0.397. The van der Waals surface area contributed by atoms with E-state index in [0.717, 1.165) is 5.56 Å². The summed E-state index contributed by atoms with van der Waals surface area (Å²) < 4.78 is 16.6. The zero-order valence-electron chi connectivity index (χ0n) is 19.0. The highest BCUT2D eigenvalue weighted by Gasteiger charge is 2.15. The molecule has 0 atom stereocenters. The molecule has 0 aliphatic rings. The first kappa shape index (κ1) is 25.9. The molecule has 35 heavy (non-hydrogen) atoms. The van der Waals surface area contributed by atoms with E-state index in [1.165, 1.54) is 13.3 Å². The molecule has 10 heteroatoms. The predicted molar refractivity (Wildman–Crippen MR) is 136 cm³/mol. The minimum atomic E-state index is -0.931. The topological polar surface area (TPSA) is 98.2 Å². The van der Waals surface area contributed by atoms with E-state index in [1.807, 2.05) is 6.92 Å². The summed E-state index contributed by atoms with van der Waals surface area (Å²) in [5.41, 5.74) is 3.96. The Balaban J connectivity index is 1.58. The Kier molecular flexibility index (Phi) is 9.34. The maximum absolute atomic E-state index is 12.2. The Labute approximate surface area is 212 Å². The molecule has 0 spiro atoms. The highest BCUT2D eigenvalue weighted by Crippen LogP contribution is 2.30. The van der Waals surface area contributed by atoms with Crippen molar-refractivity contribution in [3.05, 3.63) is 81.8 Å². The van der Waals surface area contributed by atoms with Crippen LogP contribution in [0.4, 0.5) is 5.69 Å². The van der Waals surface area contributed by atoms with Crippen molar-refractivity contribution in [3.8, 4) is 17.2 Å². The monoisotopic (exact) mass is 515 g/mol. The lowest BCUT2D eigenvalue weighted by atomic mass is 10.2. The van der Waals surface area contributed by atoms with Gasteiger partial charge in [0.25, 0.3) is 0 Å². The van der Waals surface area contributed by atoms with Crippen molar-refractivity contribution in [2.24, 2.45) is 5.10 Å². The van der Waals surface area contributed by atoms with Gasteiger partial charge in [-0.3, -0.25) is 9.59 Å². The summed E-state index contributed by atoms with van der Waals surface area (Å²) >= 11 is 12.1. The van der Waals surface area contributed by atoms with Gasteiger partial charge in [-0.1, -0.05) is 41.4 Å². The van der Waals surface area contributed by atoms with Crippen LogP contribution in [0.5, 0.6) is 17.2 Å². The van der Waals surface area contributed by atoms with Crippen LogP contribution in [0, 0.1) is 0 Å². The van der Waals surface area contributed by atoms with Crippen LogP contribution in [0.2, 0.25) is 10.0 Å². The van der Waals surface area contributed by atoms with Crippen LogP contribution in [0.3, 0.4) is 0 Å². The maximum atomic E-state index is 12.2. The maximum Gasteiger partial charge on any atom is 0.329 e. The highest BCUT2D eigenvalue weighted by atomic mass is 35.5. The van der Waals surface area contributed by atoms with Gasteiger partial charge in [0.05, 0.1) is 25.6 Å². The number of carbonyl (C=O) groups is 2. The summed E-state index contributed by atoms with van der Waals surface area (Å²) in [7, 11) is 1.50. The van der Waals surface area contributed by atoms with Crippen molar-refractivity contribution in [2.45, 2.75) is 13.5 Å². The highest BCUT2D eigenvalue weighted by molar-refractivity contribution is 6.39. The Morgan fingerprint density at radius 2 is 1.74 bits per heavy atom. The van der Waals surface area contributed by atoms with Gasteiger partial charge < -0.3 is 19.5 Å². The third kappa shape index (κ3) is 7.37. The number of rotatable bonds is 9. The lowest BCUT2D eigenvalue weighted by Crippen LogP contribution is -2.32. The van der Waals surface area contributed by atoms with Crippen molar-refractivity contribution in [3.63, 3.8) is 0 Å². The second-order valence-corrected chi connectivity index (χ2v) is 7.86. The fourth-order valence-corrected chi connectivity index (χ4v) is 3.39. The molecule has 0 heterocycles. The third-order valence-corrected chi connectivity index (χ3v) is 5.19. The molecule has 8 nitrogen and oxygen atoms in total. The van der Waals surface area contributed by atoms with Gasteiger partial charge in [-0.25, -0.2) is 5.43 Å². The first-order valence-electron chi connectivity index (χ1n) is 10.5. The summed E-state index contributed by atoms with van der Waals surface area (Å²) in [5, 5.41) is 7.38. The van der Waals surface area contributed by atoms with Crippen molar-refractivity contribution < 1.29 is 23.8 Å². The summed E-state index contributed by atoms with van der Waals surface area (Å²) in [6.07, 6.45) is 1.38. The average Bonchev–Trinajstić information content (AvgIpc) is 2.85. The van der Waals surface area contributed by atoms with Gasteiger partial charge in [-0.15, -0.1) is 0 Å². The number of hydrogen-bond acceptors (Lipinski definition) is 6. The number of amides is 2. The second-order valence-electron chi connectivity index (χ2n) is 7.02. The van der Waals surface area contributed by atoms with E-state index in [-0.39, 0.29) is 6.61 Å². The molecule has 0 aromatic heterocycles. The first-order valence-corrected chi connectivity index (χ1v) is 11.3. The average molecular weight is 516 g/mol. The van der Waals surface area contributed by atoms with Gasteiger partial charge in [0, 0.05) is 15.6 Å². The molecule has 0 radical (unpaired) electrons. The van der Waals surface area contributed by atoms with Crippen LogP contribution in [-0.2, 0) is 16.2 Å². The van der Waals surface area contributed by atoms with Gasteiger partial charge in [-0.2, -0.15) is 5.10 Å². The second kappa shape index (κ2) is 12.6. The zero-order chi connectivity index (χ0) is 25.2. The molecule has 0 bridgehead atoms. The van der Waals surface area contributed by atoms with Gasteiger partial charge in [0.1, 0.15) is 12.4 Å². The van der Waals surface area contributed by atoms with Gasteiger partial charge >= 0.3 is 11.8 Å². The van der Waals surface area contributed by atoms with E-state index in [2.05, 4.69) is 15.8 Å². The molecule has 0 unspecified atom stereocenters. The first-order chi connectivity index (χ1) is 16.9. The molecule has 0 saturated heterocycles. The SMILES string of the molecule is CCOc1ccccc1NC(=O)C(=O)N/N=C\c1ccc(OCc2ccc(Cl)cc2Cl)c(OC)c1. The normalized spacial score (nSPS) is 10.6. The van der Waals surface area contributed by atoms with E-state index in [4.69, 9.17) is 37.4 Å². The molecule has 182 valence electrons. The van der Waals surface area contributed by atoms with Crippen LogP contribution in [-0.4, -0.2) is 31.7 Å². The van der Waals surface area contributed by atoms with E-state index in [9.17, 15) is 9.59 Å². The minimum Gasteiger partial charge on any atom is -0.493 e. The van der Waals surface area contributed by atoms with Crippen LogP contribution >= 0.6 is 23.2 Å². The van der Waals surface area contributed by atoms with E-state index < -0.39 is 11.8 Å². The number of hydrazone groups is 1. The molecular weight excluding hydrogens is 493 g/mol.